The van der Waals surface area contributed by atoms with Crippen molar-refractivity contribution >= 4 is 28.6 Å². The second-order valence-corrected chi connectivity index (χ2v) is 9.11. The maximum Gasteiger partial charge on any atom is 0.451 e. The number of alkyl halides is 3. The summed E-state index contributed by atoms with van der Waals surface area (Å²) in [5.41, 5.74) is 2.82. The quantitative estimate of drug-likeness (QED) is 0.181. The van der Waals surface area contributed by atoms with Crippen LogP contribution in [0.2, 0.25) is 0 Å². The summed E-state index contributed by atoms with van der Waals surface area (Å²) in [5.74, 6) is -1.55. The maximum atomic E-state index is 13.6. The van der Waals surface area contributed by atoms with Crippen LogP contribution in [-0.2, 0) is 10.9 Å². The number of carbonyl (C=O) groups excluding carboxylic acids is 1. The van der Waals surface area contributed by atoms with Crippen molar-refractivity contribution < 1.29 is 22.7 Å². The first-order valence-corrected chi connectivity index (χ1v) is 11.8. The molecular weight excluding hydrogens is 479 g/mol. The number of rotatable bonds is 8. The largest absolute Gasteiger partial charge is 0.451 e. The van der Waals surface area contributed by atoms with E-state index in [-0.39, 0.29) is 28.3 Å². The third kappa shape index (κ3) is 4.96. The van der Waals surface area contributed by atoms with Crippen molar-refractivity contribution in [2.24, 2.45) is 0 Å². The number of hydrogen-bond acceptors (Lipinski definition) is 6. The van der Waals surface area contributed by atoms with Crippen molar-refractivity contribution in [1.82, 2.24) is 24.3 Å². The maximum absolute atomic E-state index is 13.6. The van der Waals surface area contributed by atoms with Gasteiger partial charge in [-0.3, -0.25) is 4.79 Å². The molecule has 3 heterocycles. The van der Waals surface area contributed by atoms with Gasteiger partial charge < -0.3 is 9.30 Å². The number of nitrogens with zero attached hydrogens (tertiary/aromatic N) is 5. The molecule has 7 nitrogen and oxygen atoms in total. The number of methoxy groups -OCH3 is 1. The van der Waals surface area contributed by atoms with E-state index in [2.05, 4.69) is 15.1 Å². The minimum Gasteiger partial charge on any atom is -0.383 e. The van der Waals surface area contributed by atoms with Gasteiger partial charge in [-0.15, -0.1) is 0 Å². The van der Waals surface area contributed by atoms with E-state index in [0.717, 1.165) is 23.1 Å². The minimum absolute atomic E-state index is 0.0278. The highest BCUT2D eigenvalue weighted by Gasteiger charge is 2.36. The van der Waals surface area contributed by atoms with E-state index >= 15 is 0 Å². The number of aryl methyl sites for hydroxylation is 1. The van der Waals surface area contributed by atoms with Crippen LogP contribution in [0.25, 0.3) is 16.7 Å². The van der Waals surface area contributed by atoms with E-state index in [1.807, 2.05) is 25.3 Å². The van der Waals surface area contributed by atoms with Gasteiger partial charge in [0.25, 0.3) is 0 Å². The second kappa shape index (κ2) is 9.82. The molecule has 3 aromatic heterocycles. The third-order valence-corrected chi connectivity index (χ3v) is 6.61. The lowest BCUT2D eigenvalue weighted by atomic mass is 10.2. The number of aromatic nitrogens is 5. The van der Waals surface area contributed by atoms with E-state index in [9.17, 15) is 18.0 Å². The molecule has 0 aliphatic rings. The van der Waals surface area contributed by atoms with Crippen LogP contribution < -0.4 is 0 Å². The first-order chi connectivity index (χ1) is 16.6. The molecule has 0 spiro atoms. The highest BCUT2D eigenvalue weighted by molar-refractivity contribution is 8.00. The highest BCUT2D eigenvalue weighted by atomic mass is 32.2. The van der Waals surface area contributed by atoms with Crippen molar-refractivity contribution in [3.05, 3.63) is 65.4 Å². The molecule has 0 N–H and O–H groups in total. The Labute approximate surface area is 204 Å². The summed E-state index contributed by atoms with van der Waals surface area (Å²) < 4.78 is 49.4. The van der Waals surface area contributed by atoms with Crippen LogP contribution in [-0.4, -0.2) is 49.6 Å². The van der Waals surface area contributed by atoms with Gasteiger partial charge in [-0.05, 0) is 39.0 Å². The summed E-state index contributed by atoms with van der Waals surface area (Å²) in [6, 6.07) is 10.6. The van der Waals surface area contributed by atoms with Gasteiger partial charge >= 0.3 is 6.18 Å². The van der Waals surface area contributed by atoms with E-state index in [1.54, 1.807) is 43.5 Å². The zero-order chi connectivity index (χ0) is 25.3. The molecule has 0 saturated carbocycles. The summed E-state index contributed by atoms with van der Waals surface area (Å²) in [5, 5.41) is 4.64. The molecule has 11 heteroatoms. The Bertz CT molecular complexity index is 1370. The smallest absolute Gasteiger partial charge is 0.383 e. The summed E-state index contributed by atoms with van der Waals surface area (Å²) in [4.78, 5) is 20.6. The SMILES string of the molecule is COCC(C)n1c(C)cc(C(=O)CSc2nc(C(F)(F)F)nc3c2cnn3-c2ccccc2)c1C. The zero-order valence-corrected chi connectivity index (χ0v) is 20.4. The van der Waals surface area contributed by atoms with Crippen molar-refractivity contribution in [2.45, 2.75) is 38.0 Å². The third-order valence-electron chi connectivity index (χ3n) is 5.62. The lowest BCUT2D eigenvalue weighted by Crippen LogP contribution is -2.15. The van der Waals surface area contributed by atoms with E-state index in [4.69, 9.17) is 4.74 Å². The number of thioether (sulfide) groups is 1. The molecule has 0 fully saturated rings. The molecule has 0 aliphatic heterocycles. The molecule has 184 valence electrons. The van der Waals surface area contributed by atoms with Gasteiger partial charge in [0.1, 0.15) is 5.03 Å². The van der Waals surface area contributed by atoms with Gasteiger partial charge in [-0.25, -0.2) is 14.6 Å². The van der Waals surface area contributed by atoms with Crippen LogP contribution in [0.15, 0.2) is 47.6 Å². The number of carbonyl (C=O) groups is 1. The van der Waals surface area contributed by atoms with Crippen LogP contribution in [0.3, 0.4) is 0 Å². The number of ether oxygens (including phenoxy) is 1. The van der Waals surface area contributed by atoms with Crippen LogP contribution in [0.5, 0.6) is 0 Å². The van der Waals surface area contributed by atoms with Gasteiger partial charge in [-0.2, -0.15) is 18.3 Å². The van der Waals surface area contributed by atoms with Crippen molar-refractivity contribution in [2.75, 3.05) is 19.5 Å². The Morgan fingerprint density at radius 1 is 1.17 bits per heavy atom. The van der Waals surface area contributed by atoms with Crippen molar-refractivity contribution in [3.63, 3.8) is 0 Å². The van der Waals surface area contributed by atoms with Crippen molar-refractivity contribution in [1.29, 1.82) is 0 Å². The number of ketones is 1. The molecule has 35 heavy (non-hydrogen) atoms. The summed E-state index contributed by atoms with van der Waals surface area (Å²) >= 11 is 0.946. The van der Waals surface area contributed by atoms with E-state index in [1.165, 1.54) is 10.9 Å². The number of Topliss-reactive ketones (excluding diaryl/α,β-unsaturated/α-hetero) is 1. The van der Waals surface area contributed by atoms with Crippen LogP contribution in [0.1, 0.15) is 40.5 Å². The number of halogens is 3. The number of benzene rings is 1. The molecule has 0 bridgehead atoms. The molecule has 1 atom stereocenters. The first kappa shape index (κ1) is 24.9. The van der Waals surface area contributed by atoms with Crippen molar-refractivity contribution in [3.8, 4) is 5.69 Å². The van der Waals surface area contributed by atoms with Gasteiger partial charge in [0.15, 0.2) is 11.4 Å². The Hall–Kier alpha value is -3.18. The normalized spacial score (nSPS) is 12.9. The molecule has 0 amide bonds. The Balaban J connectivity index is 1.68. The number of hydrogen-bond donors (Lipinski definition) is 0. The minimum atomic E-state index is -4.75. The Morgan fingerprint density at radius 2 is 1.89 bits per heavy atom. The van der Waals surface area contributed by atoms with E-state index in [0.29, 0.717) is 23.2 Å². The standard InChI is InChI=1S/C24H24F3N5O2S/c1-14-10-18(16(3)31(14)15(2)12-34-4)20(33)13-35-22-19-11-28-32(17-8-6-5-7-9-17)21(19)29-23(30-22)24(25,26)27/h5-11,15H,12-13H2,1-4H3. The molecule has 1 unspecified atom stereocenters. The number of para-hydroxylation sites is 1. The average molecular weight is 504 g/mol. The van der Waals surface area contributed by atoms with Gasteiger partial charge in [0.2, 0.25) is 5.82 Å². The molecule has 1 aromatic carbocycles. The first-order valence-electron chi connectivity index (χ1n) is 10.8. The summed E-state index contributed by atoms with van der Waals surface area (Å²) in [6.07, 6.45) is -3.32. The Morgan fingerprint density at radius 3 is 2.54 bits per heavy atom. The monoisotopic (exact) mass is 503 g/mol. The van der Waals surface area contributed by atoms with Crippen LogP contribution in [0.4, 0.5) is 13.2 Å². The van der Waals surface area contributed by atoms with Crippen LogP contribution in [0, 0.1) is 13.8 Å². The lowest BCUT2D eigenvalue weighted by molar-refractivity contribution is -0.145. The summed E-state index contributed by atoms with van der Waals surface area (Å²) in [6.45, 7) is 6.24. The fourth-order valence-corrected chi connectivity index (χ4v) is 5.02. The predicted octanol–water partition coefficient (Wildman–Crippen LogP) is 5.44. The molecule has 4 rings (SSSR count). The number of fused-ring (bicyclic) bond motifs is 1. The average Bonchev–Trinajstić information content (AvgIpc) is 3.38. The van der Waals surface area contributed by atoms with Gasteiger partial charge in [0, 0.05) is 24.1 Å². The fraction of sp³-hybridized carbons (Fsp3) is 0.333. The van der Waals surface area contributed by atoms with Gasteiger partial charge in [0.05, 0.1) is 35.7 Å². The highest BCUT2D eigenvalue weighted by Crippen LogP contribution is 2.33. The summed E-state index contributed by atoms with van der Waals surface area (Å²) in [7, 11) is 1.62. The molecule has 0 aliphatic carbocycles. The van der Waals surface area contributed by atoms with Crippen LogP contribution >= 0.6 is 11.8 Å². The van der Waals surface area contributed by atoms with E-state index < -0.39 is 12.0 Å². The van der Waals surface area contributed by atoms with Gasteiger partial charge in [-0.1, -0.05) is 30.0 Å². The molecule has 0 radical (unpaired) electrons. The predicted molar refractivity (Wildman–Crippen MR) is 127 cm³/mol. The topological polar surface area (TPSA) is 74.8 Å². The molecule has 0 saturated heterocycles. The molecular formula is C24H24F3N5O2S. The Kier molecular flexibility index (Phi) is 7.00. The fourth-order valence-electron chi connectivity index (χ4n) is 4.14. The second-order valence-electron chi connectivity index (χ2n) is 8.15. The molecule has 4 aromatic rings. The zero-order valence-electron chi connectivity index (χ0n) is 19.6. The lowest BCUT2D eigenvalue weighted by Gasteiger charge is -2.17.